The van der Waals surface area contributed by atoms with E-state index >= 15 is 0 Å². The summed E-state index contributed by atoms with van der Waals surface area (Å²) >= 11 is 0. The van der Waals surface area contributed by atoms with E-state index in [0.29, 0.717) is 0 Å². The maximum absolute atomic E-state index is 5.40. The molecule has 0 fully saturated rings. The molecule has 0 amide bonds. The molecule has 1 aliphatic heterocycles. The molecule has 0 N–H and O–H groups in total. The largest absolute Gasteiger partial charge is 0.292 e. The predicted molar refractivity (Wildman–Crippen MR) is 226 cm³/mol. The summed E-state index contributed by atoms with van der Waals surface area (Å²) in [5.74, 6) is 1.69. The summed E-state index contributed by atoms with van der Waals surface area (Å²) in [7, 11) is -2.05. The fourth-order valence-corrected chi connectivity index (χ4v) is 11.0. The van der Waals surface area contributed by atoms with E-state index in [4.69, 9.17) is 15.0 Å². The van der Waals surface area contributed by atoms with Gasteiger partial charge in [0.15, 0.2) is 5.82 Å². The maximum atomic E-state index is 5.40. The van der Waals surface area contributed by atoms with Gasteiger partial charge >= 0.3 is 0 Å². The molecule has 0 aliphatic carbocycles. The third-order valence-corrected chi connectivity index (χ3v) is 14.1. The predicted octanol–water partition coefficient (Wildman–Crippen LogP) is 11.0. The van der Waals surface area contributed by atoms with Gasteiger partial charge in [-0.15, -0.1) is 0 Å². The van der Waals surface area contributed by atoms with Crippen molar-refractivity contribution in [3.05, 3.63) is 182 Å². The zero-order valence-electron chi connectivity index (χ0n) is 30.1. The molecule has 0 spiro atoms. The number of hydrogen-bond acceptors (Lipinski definition) is 3. The zero-order valence-corrected chi connectivity index (χ0v) is 31.1. The Morgan fingerprint density at radius 2 is 0.981 bits per heavy atom. The Hall–Kier alpha value is -6.69. The fraction of sp³-hybridized carbons (Fsp3) is 0.0408. The van der Waals surface area contributed by atoms with Crippen LogP contribution in [-0.4, -0.2) is 27.6 Å². The van der Waals surface area contributed by atoms with Crippen LogP contribution in [0, 0.1) is 0 Å². The molecule has 10 rings (SSSR count). The van der Waals surface area contributed by atoms with E-state index in [1.54, 1.807) is 0 Å². The van der Waals surface area contributed by atoms with Crippen molar-refractivity contribution >= 4 is 29.6 Å². The van der Waals surface area contributed by atoms with Gasteiger partial charge in [0.05, 0.1) is 16.7 Å². The molecule has 54 heavy (non-hydrogen) atoms. The van der Waals surface area contributed by atoms with Crippen LogP contribution in [0.5, 0.6) is 0 Å². The molecule has 7 aromatic carbocycles. The van der Waals surface area contributed by atoms with Crippen molar-refractivity contribution in [2.24, 2.45) is 0 Å². The topological polar surface area (TPSA) is 43.6 Å². The molecule has 0 bridgehead atoms. The van der Waals surface area contributed by atoms with E-state index in [9.17, 15) is 0 Å². The number of hydrogen-bond donors (Lipinski definition) is 0. The highest BCUT2D eigenvalue weighted by atomic mass is 28.3. The number of rotatable bonds is 6. The van der Waals surface area contributed by atoms with Crippen LogP contribution < -0.4 is 10.5 Å². The normalized spacial score (nSPS) is 12.8. The minimum atomic E-state index is -2.05. The van der Waals surface area contributed by atoms with Crippen LogP contribution in [0.4, 0.5) is 0 Å². The van der Waals surface area contributed by atoms with Crippen LogP contribution in [0.1, 0.15) is 0 Å². The van der Waals surface area contributed by atoms with E-state index in [2.05, 4.69) is 188 Å². The van der Waals surface area contributed by atoms with Crippen molar-refractivity contribution in [3.63, 3.8) is 0 Å². The van der Waals surface area contributed by atoms with Crippen LogP contribution in [0.2, 0.25) is 13.1 Å². The molecule has 3 heterocycles. The second kappa shape index (κ2) is 12.8. The second-order valence-corrected chi connectivity index (χ2v) is 18.8. The van der Waals surface area contributed by atoms with Gasteiger partial charge in [0.1, 0.15) is 13.9 Å². The quantitative estimate of drug-likeness (QED) is 0.162. The zero-order chi connectivity index (χ0) is 36.2. The minimum Gasteiger partial charge on any atom is -0.292 e. The number of imidazole rings is 1. The standard InChI is InChI=1S/C49H36N4Si/c1-54(2)44-29-12-9-26-41(44)45-46(33-16-5-3-6-17-33)51-47(52-49(45)54)38-22-14-20-36(31-38)34-18-13-19-35(30-34)37-21-15-23-39(32-37)48-50-42-27-10-11-28-43(42)53(48)40-24-7-4-8-25-40/h3-32H,1-2H3. The number of benzene rings is 7. The van der Waals surface area contributed by atoms with Gasteiger partial charge in [-0.2, -0.15) is 0 Å². The first-order chi connectivity index (χ1) is 26.5. The Bertz CT molecular complexity index is 2860. The lowest BCUT2D eigenvalue weighted by molar-refractivity contribution is 1.10. The molecule has 0 unspecified atom stereocenters. The highest BCUT2D eigenvalue weighted by Crippen LogP contribution is 2.37. The van der Waals surface area contributed by atoms with Crippen LogP contribution in [0.3, 0.4) is 0 Å². The molecule has 256 valence electrons. The number of fused-ring (bicyclic) bond motifs is 4. The second-order valence-electron chi connectivity index (χ2n) is 14.5. The Morgan fingerprint density at radius 3 is 1.70 bits per heavy atom. The summed E-state index contributed by atoms with van der Waals surface area (Å²) in [6.45, 7) is 4.83. The van der Waals surface area contributed by atoms with E-state index in [1.165, 1.54) is 21.6 Å². The van der Waals surface area contributed by atoms with E-state index in [1.807, 2.05) is 12.1 Å². The van der Waals surface area contributed by atoms with E-state index < -0.39 is 8.07 Å². The summed E-state index contributed by atoms with van der Waals surface area (Å²) in [6.07, 6.45) is 0. The summed E-state index contributed by atoms with van der Waals surface area (Å²) in [6, 6.07) is 64.4. The first-order valence-corrected chi connectivity index (χ1v) is 21.5. The van der Waals surface area contributed by atoms with Gasteiger partial charge in [0, 0.05) is 33.3 Å². The Balaban J connectivity index is 1.05. The number of aromatic nitrogens is 4. The van der Waals surface area contributed by atoms with Crippen molar-refractivity contribution in [2.45, 2.75) is 13.1 Å². The molecule has 5 heteroatoms. The lowest BCUT2D eigenvalue weighted by Crippen LogP contribution is -2.50. The maximum Gasteiger partial charge on any atom is 0.159 e. The molecule has 0 atom stereocenters. The molecule has 0 radical (unpaired) electrons. The fourth-order valence-electron chi connectivity index (χ4n) is 8.09. The Morgan fingerprint density at radius 1 is 0.444 bits per heavy atom. The van der Waals surface area contributed by atoms with E-state index in [0.717, 1.165) is 73.0 Å². The van der Waals surface area contributed by atoms with Gasteiger partial charge in [-0.05, 0) is 75.5 Å². The van der Waals surface area contributed by atoms with Crippen LogP contribution in [0.25, 0.3) is 84.1 Å². The highest BCUT2D eigenvalue weighted by Gasteiger charge is 2.41. The molecular formula is C49H36N4Si. The Labute approximate surface area is 316 Å². The SMILES string of the molecule is C[Si]1(C)c2ccccc2-c2c(-c3ccccc3)nc(-c3cccc(-c4cccc(-c5cccc(-c6nc7ccccc7n6-c6ccccc6)c5)c4)c3)nc21. The molecule has 2 aromatic heterocycles. The first-order valence-electron chi connectivity index (χ1n) is 18.5. The Kier molecular flexibility index (Phi) is 7.56. The van der Waals surface area contributed by atoms with Crippen molar-refractivity contribution in [1.29, 1.82) is 0 Å². The summed E-state index contributed by atoms with van der Waals surface area (Å²) in [5.41, 5.74) is 14.4. The van der Waals surface area contributed by atoms with Gasteiger partial charge in [-0.25, -0.2) is 15.0 Å². The molecular weight excluding hydrogens is 673 g/mol. The van der Waals surface area contributed by atoms with Gasteiger partial charge in [0.25, 0.3) is 0 Å². The summed E-state index contributed by atoms with van der Waals surface area (Å²) < 4.78 is 2.25. The molecule has 1 aliphatic rings. The third kappa shape index (κ3) is 5.32. The minimum absolute atomic E-state index is 0.771. The van der Waals surface area contributed by atoms with E-state index in [-0.39, 0.29) is 0 Å². The monoisotopic (exact) mass is 708 g/mol. The van der Waals surface area contributed by atoms with Gasteiger partial charge in [-0.1, -0.05) is 153 Å². The molecule has 9 aromatic rings. The average Bonchev–Trinajstić information content (AvgIpc) is 3.74. The van der Waals surface area contributed by atoms with Crippen LogP contribution in [0.15, 0.2) is 182 Å². The van der Waals surface area contributed by atoms with Crippen molar-refractivity contribution in [1.82, 2.24) is 19.5 Å². The molecule has 4 nitrogen and oxygen atoms in total. The van der Waals surface area contributed by atoms with Crippen molar-refractivity contribution in [2.75, 3.05) is 0 Å². The van der Waals surface area contributed by atoms with Gasteiger partial charge in [-0.3, -0.25) is 4.57 Å². The smallest absolute Gasteiger partial charge is 0.159 e. The molecule has 0 saturated carbocycles. The lowest BCUT2D eigenvalue weighted by Gasteiger charge is -2.19. The van der Waals surface area contributed by atoms with Gasteiger partial charge < -0.3 is 0 Å². The third-order valence-electron chi connectivity index (χ3n) is 10.8. The summed E-state index contributed by atoms with van der Waals surface area (Å²) in [5, 5.41) is 2.64. The van der Waals surface area contributed by atoms with Crippen molar-refractivity contribution in [3.8, 4) is 73.1 Å². The van der Waals surface area contributed by atoms with Crippen LogP contribution in [-0.2, 0) is 0 Å². The first kappa shape index (κ1) is 32.0. The molecule has 0 saturated heterocycles. The van der Waals surface area contributed by atoms with Gasteiger partial charge in [0.2, 0.25) is 0 Å². The van der Waals surface area contributed by atoms with Crippen LogP contribution >= 0.6 is 0 Å². The highest BCUT2D eigenvalue weighted by molar-refractivity contribution is 7.03. The van der Waals surface area contributed by atoms with Crippen molar-refractivity contribution < 1.29 is 0 Å². The lowest BCUT2D eigenvalue weighted by atomic mass is 9.96. The average molecular weight is 709 g/mol. The number of para-hydroxylation sites is 3. The summed E-state index contributed by atoms with van der Waals surface area (Å²) in [4.78, 5) is 15.9. The number of nitrogens with zero attached hydrogens (tertiary/aromatic N) is 4.